The predicted molar refractivity (Wildman–Crippen MR) is 70.0 cm³/mol. The van der Waals surface area contributed by atoms with Crippen molar-refractivity contribution < 1.29 is 34.7 Å². The van der Waals surface area contributed by atoms with E-state index in [1.165, 1.54) is 0 Å². The molecule has 0 aliphatic carbocycles. The number of carbonyl (C=O) groups excluding carboxylic acids is 1. The fourth-order valence-corrected chi connectivity index (χ4v) is 2.06. The summed E-state index contributed by atoms with van der Waals surface area (Å²) in [6.45, 7) is -0.326. The number of hydrogen-bond acceptors (Lipinski definition) is 7. The summed E-state index contributed by atoms with van der Waals surface area (Å²) in [5.74, 6) is -0.521. The standard InChI is InChI=1S/C14H18O7/c15-10(6-8-4-2-1-3-5-8)20-7-9-11(16)12(17)13(18)14(19)21-9/h1-5,9,11-14,16-19H,6-7H2/t9-,11-,12+,13-,14+/m1/s1. The predicted octanol–water partition coefficient (Wildman–Crippen LogP) is -1.43. The third-order valence-electron chi connectivity index (χ3n) is 3.29. The van der Waals surface area contributed by atoms with E-state index in [1.807, 2.05) is 6.07 Å². The van der Waals surface area contributed by atoms with Crippen LogP contribution in [0.3, 0.4) is 0 Å². The number of aliphatic hydroxyl groups excluding tert-OH is 4. The minimum absolute atomic E-state index is 0.0669. The lowest BCUT2D eigenvalue weighted by Gasteiger charge is -2.37. The maximum atomic E-state index is 11.7. The summed E-state index contributed by atoms with van der Waals surface area (Å²) in [5.41, 5.74) is 0.781. The van der Waals surface area contributed by atoms with Crippen LogP contribution in [-0.4, -0.2) is 63.7 Å². The second-order valence-electron chi connectivity index (χ2n) is 4.88. The second kappa shape index (κ2) is 6.97. The third-order valence-corrected chi connectivity index (χ3v) is 3.29. The van der Waals surface area contributed by atoms with Crippen molar-refractivity contribution in [2.45, 2.75) is 37.1 Å². The monoisotopic (exact) mass is 298 g/mol. The largest absolute Gasteiger partial charge is 0.463 e. The van der Waals surface area contributed by atoms with Crippen LogP contribution >= 0.6 is 0 Å². The summed E-state index contributed by atoms with van der Waals surface area (Å²) in [5, 5.41) is 37.9. The molecule has 1 aliphatic rings. The maximum absolute atomic E-state index is 11.7. The number of esters is 1. The first kappa shape index (κ1) is 15.9. The van der Waals surface area contributed by atoms with E-state index in [0.717, 1.165) is 5.56 Å². The molecule has 1 aliphatic heterocycles. The van der Waals surface area contributed by atoms with Gasteiger partial charge in [0.15, 0.2) is 6.29 Å². The lowest BCUT2D eigenvalue weighted by Crippen LogP contribution is -2.58. The Morgan fingerprint density at radius 2 is 1.71 bits per heavy atom. The number of hydrogen-bond donors (Lipinski definition) is 4. The summed E-state index contributed by atoms with van der Waals surface area (Å²) in [4.78, 5) is 11.7. The average Bonchev–Trinajstić information content (AvgIpc) is 2.48. The molecule has 4 N–H and O–H groups in total. The number of benzene rings is 1. The maximum Gasteiger partial charge on any atom is 0.310 e. The van der Waals surface area contributed by atoms with Crippen molar-refractivity contribution >= 4 is 5.97 Å². The summed E-state index contributed by atoms with van der Waals surface area (Å²) >= 11 is 0. The van der Waals surface area contributed by atoms with Gasteiger partial charge in [0.05, 0.1) is 6.42 Å². The van der Waals surface area contributed by atoms with Crippen LogP contribution in [0.5, 0.6) is 0 Å². The van der Waals surface area contributed by atoms with Crippen molar-refractivity contribution in [2.75, 3.05) is 6.61 Å². The molecule has 1 fully saturated rings. The Labute approximate surface area is 121 Å². The van der Waals surface area contributed by atoms with Crippen LogP contribution in [-0.2, 0) is 20.7 Å². The molecule has 0 aromatic heterocycles. The van der Waals surface area contributed by atoms with Gasteiger partial charge in [-0.05, 0) is 5.56 Å². The molecule has 1 aromatic rings. The molecule has 0 spiro atoms. The quantitative estimate of drug-likeness (QED) is 0.504. The number of ether oxygens (including phenoxy) is 2. The summed E-state index contributed by atoms with van der Waals surface area (Å²) in [6, 6.07) is 8.97. The van der Waals surface area contributed by atoms with E-state index in [1.54, 1.807) is 24.3 Å². The molecule has 5 atom stereocenters. The van der Waals surface area contributed by atoms with Crippen LogP contribution in [0.15, 0.2) is 30.3 Å². The van der Waals surface area contributed by atoms with E-state index in [9.17, 15) is 25.2 Å². The number of carbonyl (C=O) groups is 1. The van der Waals surface area contributed by atoms with Crippen molar-refractivity contribution in [3.8, 4) is 0 Å². The molecular formula is C14H18O7. The minimum Gasteiger partial charge on any atom is -0.463 e. The van der Waals surface area contributed by atoms with Crippen LogP contribution in [0.4, 0.5) is 0 Å². The van der Waals surface area contributed by atoms with Gasteiger partial charge in [0.25, 0.3) is 0 Å². The summed E-state index contributed by atoms with van der Waals surface area (Å²) in [7, 11) is 0. The van der Waals surface area contributed by atoms with Crippen LogP contribution < -0.4 is 0 Å². The first-order chi connectivity index (χ1) is 9.99. The molecule has 7 nitrogen and oxygen atoms in total. The van der Waals surface area contributed by atoms with Gasteiger partial charge < -0.3 is 29.9 Å². The highest BCUT2D eigenvalue weighted by Gasteiger charge is 2.43. The molecule has 1 saturated heterocycles. The highest BCUT2D eigenvalue weighted by atomic mass is 16.6. The molecular weight excluding hydrogens is 280 g/mol. The zero-order valence-corrected chi connectivity index (χ0v) is 11.2. The fraction of sp³-hybridized carbons (Fsp3) is 0.500. The number of aliphatic hydroxyl groups is 4. The molecule has 0 radical (unpaired) electrons. The van der Waals surface area contributed by atoms with Crippen LogP contribution in [0.1, 0.15) is 5.56 Å². The van der Waals surface area contributed by atoms with Crippen LogP contribution in [0.25, 0.3) is 0 Å². The zero-order chi connectivity index (χ0) is 15.4. The zero-order valence-electron chi connectivity index (χ0n) is 11.2. The van der Waals surface area contributed by atoms with Gasteiger partial charge in [-0.1, -0.05) is 30.3 Å². The van der Waals surface area contributed by atoms with E-state index in [4.69, 9.17) is 9.47 Å². The fourth-order valence-electron chi connectivity index (χ4n) is 2.06. The Morgan fingerprint density at radius 1 is 1.05 bits per heavy atom. The SMILES string of the molecule is O=C(Cc1ccccc1)OC[C@H]1O[C@H](O)[C@H](O)[C@@H](O)[C@@H]1O. The average molecular weight is 298 g/mol. The van der Waals surface area contributed by atoms with Crippen molar-refractivity contribution in [1.82, 2.24) is 0 Å². The summed E-state index contributed by atoms with van der Waals surface area (Å²) < 4.78 is 9.86. The van der Waals surface area contributed by atoms with Crippen LogP contribution in [0.2, 0.25) is 0 Å². The van der Waals surface area contributed by atoms with Crippen molar-refractivity contribution in [3.63, 3.8) is 0 Å². The van der Waals surface area contributed by atoms with Crippen LogP contribution in [0, 0.1) is 0 Å². The minimum atomic E-state index is -1.64. The number of rotatable bonds is 4. The van der Waals surface area contributed by atoms with Crippen molar-refractivity contribution in [1.29, 1.82) is 0 Å². The third kappa shape index (κ3) is 3.99. The summed E-state index contributed by atoms with van der Waals surface area (Å²) in [6.07, 6.45) is -7.28. The van der Waals surface area contributed by atoms with Crippen molar-refractivity contribution in [2.24, 2.45) is 0 Å². The van der Waals surface area contributed by atoms with Gasteiger partial charge in [-0.25, -0.2) is 0 Å². The molecule has 0 unspecified atom stereocenters. The highest BCUT2D eigenvalue weighted by Crippen LogP contribution is 2.20. The Balaban J connectivity index is 1.83. The topological polar surface area (TPSA) is 116 Å². The van der Waals surface area contributed by atoms with Crippen molar-refractivity contribution in [3.05, 3.63) is 35.9 Å². The van der Waals surface area contributed by atoms with E-state index in [2.05, 4.69) is 0 Å². The molecule has 0 amide bonds. The molecule has 1 heterocycles. The molecule has 0 saturated carbocycles. The van der Waals surface area contributed by atoms with E-state index < -0.39 is 36.7 Å². The first-order valence-electron chi connectivity index (χ1n) is 6.56. The van der Waals surface area contributed by atoms with Gasteiger partial charge in [0.2, 0.25) is 0 Å². The Hall–Kier alpha value is -1.51. The lowest BCUT2D eigenvalue weighted by atomic mass is 9.99. The van der Waals surface area contributed by atoms with E-state index in [0.29, 0.717) is 0 Å². The molecule has 116 valence electrons. The Morgan fingerprint density at radius 3 is 2.38 bits per heavy atom. The second-order valence-corrected chi connectivity index (χ2v) is 4.88. The van der Waals surface area contributed by atoms with Gasteiger partial charge in [-0.3, -0.25) is 4.79 Å². The van der Waals surface area contributed by atoms with Gasteiger partial charge in [0, 0.05) is 0 Å². The van der Waals surface area contributed by atoms with Gasteiger partial charge >= 0.3 is 5.97 Å². The van der Waals surface area contributed by atoms with E-state index >= 15 is 0 Å². The smallest absolute Gasteiger partial charge is 0.310 e. The van der Waals surface area contributed by atoms with Gasteiger partial charge in [0.1, 0.15) is 31.0 Å². The Bertz CT molecular complexity index is 464. The lowest BCUT2D eigenvalue weighted by molar-refractivity contribution is -0.287. The Kier molecular flexibility index (Phi) is 5.27. The highest BCUT2D eigenvalue weighted by molar-refractivity contribution is 5.72. The van der Waals surface area contributed by atoms with Gasteiger partial charge in [-0.15, -0.1) is 0 Å². The molecule has 2 rings (SSSR count). The molecule has 1 aromatic carbocycles. The molecule has 21 heavy (non-hydrogen) atoms. The normalized spacial score (nSPS) is 32.7. The molecule has 0 bridgehead atoms. The van der Waals surface area contributed by atoms with E-state index in [-0.39, 0.29) is 13.0 Å². The first-order valence-corrected chi connectivity index (χ1v) is 6.56. The molecule has 7 heteroatoms. The van der Waals surface area contributed by atoms with Gasteiger partial charge in [-0.2, -0.15) is 0 Å².